The maximum Gasteiger partial charge on any atom is 0.166 e. The minimum absolute atomic E-state index is 0.134. The molecule has 96 valence electrons. The van der Waals surface area contributed by atoms with Crippen LogP contribution in [0.3, 0.4) is 0 Å². The van der Waals surface area contributed by atoms with Crippen molar-refractivity contribution in [3.63, 3.8) is 0 Å². The third-order valence-corrected chi connectivity index (χ3v) is 3.91. The fourth-order valence-electron chi connectivity index (χ4n) is 2.72. The van der Waals surface area contributed by atoms with Gasteiger partial charge >= 0.3 is 0 Å². The van der Waals surface area contributed by atoms with Gasteiger partial charge in [0.2, 0.25) is 0 Å². The molecule has 1 fully saturated rings. The van der Waals surface area contributed by atoms with E-state index in [0.717, 1.165) is 25.7 Å². The molecular formula is C16H18F2. The van der Waals surface area contributed by atoms with Crippen molar-refractivity contribution in [3.8, 4) is 0 Å². The lowest BCUT2D eigenvalue weighted by molar-refractivity contribution is 0.364. The lowest BCUT2D eigenvalue weighted by Gasteiger charge is -2.27. The molecule has 0 amide bonds. The van der Waals surface area contributed by atoms with Gasteiger partial charge in [-0.05, 0) is 43.1 Å². The van der Waals surface area contributed by atoms with Gasteiger partial charge in [-0.15, -0.1) is 6.58 Å². The molecule has 0 atom stereocenters. The average Bonchev–Trinajstić information content (AvgIpc) is 2.42. The van der Waals surface area contributed by atoms with Gasteiger partial charge in [-0.1, -0.05) is 30.9 Å². The molecule has 0 unspecified atom stereocenters. The molecule has 1 aromatic rings. The summed E-state index contributed by atoms with van der Waals surface area (Å²) in [5.41, 5.74) is 0.747. The molecule has 1 aromatic carbocycles. The predicted octanol–water partition coefficient (Wildman–Crippen LogP) is 5.07. The Morgan fingerprint density at radius 1 is 1.00 bits per heavy atom. The average molecular weight is 248 g/mol. The van der Waals surface area contributed by atoms with Crippen LogP contribution >= 0.6 is 0 Å². The van der Waals surface area contributed by atoms with E-state index < -0.39 is 11.6 Å². The molecule has 0 aromatic heterocycles. The maximum absolute atomic E-state index is 14.0. The van der Waals surface area contributed by atoms with Crippen molar-refractivity contribution in [2.75, 3.05) is 0 Å². The van der Waals surface area contributed by atoms with E-state index in [1.165, 1.54) is 6.08 Å². The molecule has 18 heavy (non-hydrogen) atoms. The Morgan fingerprint density at radius 3 is 2.22 bits per heavy atom. The second kappa shape index (κ2) is 5.47. The molecule has 0 nitrogen and oxygen atoms in total. The van der Waals surface area contributed by atoms with Gasteiger partial charge in [-0.3, -0.25) is 0 Å². The molecule has 1 saturated carbocycles. The number of halogens is 2. The van der Waals surface area contributed by atoms with Crippen LogP contribution in [0.4, 0.5) is 8.78 Å². The van der Waals surface area contributed by atoms with E-state index in [2.05, 4.69) is 13.2 Å². The number of hydrogen-bond donors (Lipinski definition) is 0. The number of rotatable bonds is 3. The lowest BCUT2D eigenvalue weighted by atomic mass is 9.78. The van der Waals surface area contributed by atoms with E-state index in [1.807, 2.05) is 6.08 Å². The van der Waals surface area contributed by atoms with Crippen molar-refractivity contribution in [2.45, 2.75) is 31.6 Å². The number of hydrogen-bond acceptors (Lipinski definition) is 0. The summed E-state index contributed by atoms with van der Waals surface area (Å²) < 4.78 is 27.7. The standard InChI is InChI=1S/C16H18F2/c1-3-11-5-7-13(8-6-11)14-10-9-12(4-2)15(17)16(14)18/h3-4,9-11,13H,1-2,5-8H2. The van der Waals surface area contributed by atoms with Crippen molar-refractivity contribution in [2.24, 2.45) is 5.92 Å². The Kier molecular flexibility index (Phi) is 3.95. The Bertz CT molecular complexity index is 454. The second-order valence-corrected chi connectivity index (χ2v) is 4.92. The zero-order valence-electron chi connectivity index (χ0n) is 10.5. The van der Waals surface area contributed by atoms with Gasteiger partial charge in [0.05, 0.1) is 0 Å². The minimum Gasteiger partial charge on any atom is -0.203 e. The number of allylic oxidation sites excluding steroid dienone is 1. The molecule has 1 aliphatic carbocycles. The van der Waals surface area contributed by atoms with Crippen LogP contribution in [0.1, 0.15) is 42.7 Å². The van der Waals surface area contributed by atoms with Crippen LogP contribution in [-0.4, -0.2) is 0 Å². The summed E-state index contributed by atoms with van der Waals surface area (Å²) in [7, 11) is 0. The van der Waals surface area contributed by atoms with Gasteiger partial charge in [-0.2, -0.15) is 0 Å². The van der Waals surface area contributed by atoms with Gasteiger partial charge in [-0.25, -0.2) is 8.78 Å². The first-order valence-electron chi connectivity index (χ1n) is 6.40. The van der Waals surface area contributed by atoms with Crippen molar-refractivity contribution in [1.29, 1.82) is 0 Å². The van der Waals surface area contributed by atoms with Crippen molar-refractivity contribution in [3.05, 3.63) is 54.1 Å². The summed E-state index contributed by atoms with van der Waals surface area (Å²) >= 11 is 0. The van der Waals surface area contributed by atoms with Crippen LogP contribution in [0.2, 0.25) is 0 Å². The molecule has 0 bridgehead atoms. The Labute approximate surface area is 107 Å². The highest BCUT2D eigenvalue weighted by Crippen LogP contribution is 2.37. The van der Waals surface area contributed by atoms with E-state index >= 15 is 0 Å². The third kappa shape index (κ3) is 2.38. The summed E-state index contributed by atoms with van der Waals surface area (Å²) in [6.07, 6.45) is 7.14. The molecule has 0 saturated heterocycles. The maximum atomic E-state index is 14.0. The van der Waals surface area contributed by atoms with Crippen molar-refractivity contribution < 1.29 is 8.78 Å². The summed E-state index contributed by atoms with van der Waals surface area (Å²) in [4.78, 5) is 0. The van der Waals surface area contributed by atoms with Gasteiger partial charge in [0.15, 0.2) is 11.6 Å². The van der Waals surface area contributed by atoms with Crippen LogP contribution in [-0.2, 0) is 0 Å². The summed E-state index contributed by atoms with van der Waals surface area (Å²) in [5.74, 6) is -0.807. The quantitative estimate of drug-likeness (QED) is 0.655. The van der Waals surface area contributed by atoms with Gasteiger partial charge in [0.1, 0.15) is 0 Å². The fourth-order valence-corrected chi connectivity index (χ4v) is 2.72. The highest BCUT2D eigenvalue weighted by Gasteiger charge is 2.24. The monoisotopic (exact) mass is 248 g/mol. The predicted molar refractivity (Wildman–Crippen MR) is 71.3 cm³/mol. The SMILES string of the molecule is C=Cc1ccc(C2CCC(C=C)CC2)c(F)c1F. The van der Waals surface area contributed by atoms with Crippen LogP contribution in [0.15, 0.2) is 31.4 Å². The molecule has 0 N–H and O–H groups in total. The van der Waals surface area contributed by atoms with Gasteiger partial charge < -0.3 is 0 Å². The molecule has 0 radical (unpaired) electrons. The van der Waals surface area contributed by atoms with Gasteiger partial charge in [0.25, 0.3) is 0 Å². The van der Waals surface area contributed by atoms with E-state index in [4.69, 9.17) is 0 Å². The first-order valence-corrected chi connectivity index (χ1v) is 6.40. The third-order valence-electron chi connectivity index (χ3n) is 3.91. The van der Waals surface area contributed by atoms with Crippen LogP contribution in [0, 0.1) is 17.6 Å². The fraction of sp³-hybridized carbons (Fsp3) is 0.375. The zero-order valence-corrected chi connectivity index (χ0v) is 10.5. The van der Waals surface area contributed by atoms with Crippen molar-refractivity contribution in [1.82, 2.24) is 0 Å². The Balaban J connectivity index is 2.22. The molecular weight excluding hydrogens is 230 g/mol. The van der Waals surface area contributed by atoms with E-state index in [-0.39, 0.29) is 11.5 Å². The lowest BCUT2D eigenvalue weighted by Crippen LogP contribution is -2.13. The molecule has 2 rings (SSSR count). The second-order valence-electron chi connectivity index (χ2n) is 4.92. The Hall–Kier alpha value is -1.44. The largest absolute Gasteiger partial charge is 0.203 e. The molecule has 0 heterocycles. The molecule has 0 spiro atoms. The van der Waals surface area contributed by atoms with Crippen LogP contribution in [0.25, 0.3) is 6.08 Å². The summed E-state index contributed by atoms with van der Waals surface area (Å²) in [6, 6.07) is 3.31. The highest BCUT2D eigenvalue weighted by atomic mass is 19.2. The van der Waals surface area contributed by atoms with E-state index in [1.54, 1.807) is 12.1 Å². The normalized spacial score (nSPS) is 23.7. The minimum atomic E-state index is -0.770. The van der Waals surface area contributed by atoms with Gasteiger partial charge in [0, 0.05) is 5.56 Å². The van der Waals surface area contributed by atoms with E-state index in [0.29, 0.717) is 11.5 Å². The van der Waals surface area contributed by atoms with Crippen LogP contribution in [0.5, 0.6) is 0 Å². The topological polar surface area (TPSA) is 0 Å². The number of benzene rings is 1. The summed E-state index contributed by atoms with van der Waals surface area (Å²) in [6.45, 7) is 7.27. The first kappa shape index (κ1) is 13.0. The molecule has 2 heteroatoms. The Morgan fingerprint density at radius 2 is 1.67 bits per heavy atom. The first-order chi connectivity index (χ1) is 8.67. The summed E-state index contributed by atoms with van der Waals surface area (Å²) in [5, 5.41) is 0. The molecule has 1 aliphatic rings. The van der Waals surface area contributed by atoms with E-state index in [9.17, 15) is 8.78 Å². The molecule has 0 aliphatic heterocycles. The highest BCUT2D eigenvalue weighted by molar-refractivity contribution is 5.49. The smallest absolute Gasteiger partial charge is 0.166 e. The van der Waals surface area contributed by atoms with Crippen LogP contribution < -0.4 is 0 Å². The van der Waals surface area contributed by atoms with Crippen molar-refractivity contribution >= 4 is 6.08 Å². The zero-order chi connectivity index (χ0) is 13.1.